The van der Waals surface area contributed by atoms with Gasteiger partial charge in [0, 0.05) is 49.8 Å². The second kappa shape index (κ2) is 9.18. The van der Waals surface area contributed by atoms with Gasteiger partial charge in [-0.1, -0.05) is 91.0 Å². The van der Waals surface area contributed by atoms with Crippen molar-refractivity contribution < 1.29 is 9.39 Å². The Bertz CT molecular complexity index is 2720. The van der Waals surface area contributed by atoms with Crippen LogP contribution in [0.4, 0.5) is 0 Å². The van der Waals surface area contributed by atoms with Crippen LogP contribution in [0, 0.1) is 0 Å². The van der Waals surface area contributed by atoms with E-state index in [1.165, 1.54) is 32.6 Å². The van der Waals surface area contributed by atoms with Crippen molar-refractivity contribution in [3.63, 3.8) is 0 Å². The second-order valence-electron chi connectivity index (χ2n) is 12.5. The number of benzene rings is 7. The molecular weight excluding hydrogens is 575 g/mol. The van der Waals surface area contributed by atoms with E-state index in [2.05, 4.69) is 143 Å². The van der Waals surface area contributed by atoms with Gasteiger partial charge in [-0.15, -0.1) is 0 Å². The molecule has 47 heavy (non-hydrogen) atoms. The molecule has 2 aliphatic rings. The highest BCUT2D eigenvalue weighted by Gasteiger charge is 2.41. The van der Waals surface area contributed by atoms with Gasteiger partial charge in [0.05, 0.1) is 27.8 Å². The van der Waals surface area contributed by atoms with Gasteiger partial charge in [-0.05, 0) is 60.2 Å². The molecule has 5 heteroatoms. The highest BCUT2D eigenvalue weighted by molar-refractivity contribution is 6.84. The first-order chi connectivity index (χ1) is 23.3. The Balaban J connectivity index is 1.18. The van der Waals surface area contributed by atoms with E-state index in [4.69, 9.17) is 9.39 Å². The average molecular weight is 600 g/mol. The van der Waals surface area contributed by atoms with Crippen LogP contribution < -0.4 is 20.3 Å². The van der Waals surface area contributed by atoms with Crippen LogP contribution in [-0.2, 0) is 0 Å². The standard InChI is InChI=1S/C42H25BN2O2/c1-6-16-35-28(11-1)29-12-2-7-17-36(29)44(35)26-21-22-38-32(23-26)30-13-3-8-18-37(30)45(38)27-24-33-31-14-4-9-19-39(31)47-43-34-15-5-10-20-40(34)46-41(25-27)42(33)43/h1-25H. The number of hydrogen-bond donors (Lipinski definition) is 0. The number of fused-ring (bicyclic) bond motifs is 10. The molecule has 0 saturated carbocycles. The van der Waals surface area contributed by atoms with Gasteiger partial charge < -0.3 is 18.5 Å². The number of rotatable bonds is 2. The SMILES string of the molecule is c1ccc2c(c1)Oc1cc(-n3c4ccccc4c4cc(-n5c6ccccc6c6ccccc65)ccc43)cc3c1B2Oc1ccccc1-3. The van der Waals surface area contributed by atoms with E-state index in [0.717, 1.165) is 61.7 Å². The lowest BCUT2D eigenvalue weighted by molar-refractivity contribution is 0.479. The van der Waals surface area contributed by atoms with Crippen molar-refractivity contribution >= 4 is 61.5 Å². The minimum Gasteiger partial charge on any atom is -0.551 e. The summed E-state index contributed by atoms with van der Waals surface area (Å²) in [4.78, 5) is 0. The number of hydrogen-bond acceptors (Lipinski definition) is 2. The largest absolute Gasteiger partial charge is 0.551 e. The molecule has 4 nitrogen and oxygen atoms in total. The summed E-state index contributed by atoms with van der Waals surface area (Å²) in [7, 11) is 0. The topological polar surface area (TPSA) is 28.3 Å². The summed E-state index contributed by atoms with van der Waals surface area (Å²) < 4.78 is 18.1. The Hall–Kier alpha value is -6.20. The molecule has 11 rings (SSSR count). The maximum Gasteiger partial charge on any atom is 0.434 e. The lowest BCUT2D eigenvalue weighted by Crippen LogP contribution is -2.53. The van der Waals surface area contributed by atoms with Crippen molar-refractivity contribution in [2.75, 3.05) is 0 Å². The molecule has 218 valence electrons. The van der Waals surface area contributed by atoms with Crippen LogP contribution in [0.15, 0.2) is 152 Å². The Morgan fingerprint density at radius 2 is 0.979 bits per heavy atom. The van der Waals surface area contributed by atoms with E-state index in [-0.39, 0.29) is 6.92 Å². The molecule has 0 amide bonds. The van der Waals surface area contributed by atoms with Crippen molar-refractivity contribution in [2.24, 2.45) is 0 Å². The average Bonchev–Trinajstić information content (AvgIpc) is 3.64. The van der Waals surface area contributed by atoms with E-state index in [1.807, 2.05) is 18.2 Å². The van der Waals surface area contributed by atoms with Crippen molar-refractivity contribution in [1.29, 1.82) is 0 Å². The van der Waals surface area contributed by atoms with Crippen LogP contribution in [0.5, 0.6) is 17.2 Å². The molecule has 0 N–H and O–H groups in total. The molecule has 7 aromatic carbocycles. The maximum absolute atomic E-state index is 6.66. The van der Waals surface area contributed by atoms with Gasteiger partial charge in [0.25, 0.3) is 0 Å². The van der Waals surface area contributed by atoms with Gasteiger partial charge in [0.1, 0.15) is 17.2 Å². The summed E-state index contributed by atoms with van der Waals surface area (Å²) in [6.07, 6.45) is 0. The van der Waals surface area contributed by atoms with Gasteiger partial charge in [-0.3, -0.25) is 0 Å². The van der Waals surface area contributed by atoms with Crippen molar-refractivity contribution in [3.8, 4) is 39.8 Å². The second-order valence-corrected chi connectivity index (χ2v) is 12.5. The minimum atomic E-state index is -0.221. The molecule has 0 spiro atoms. The van der Waals surface area contributed by atoms with Crippen LogP contribution in [0.3, 0.4) is 0 Å². The first-order valence-corrected chi connectivity index (χ1v) is 16.0. The Kier molecular flexibility index (Phi) is 4.89. The molecule has 0 aliphatic carbocycles. The molecule has 2 aromatic heterocycles. The number of nitrogens with zero attached hydrogens (tertiary/aromatic N) is 2. The quantitative estimate of drug-likeness (QED) is 0.185. The molecule has 0 bridgehead atoms. The van der Waals surface area contributed by atoms with Gasteiger partial charge in [-0.2, -0.15) is 0 Å². The Morgan fingerprint density at radius 1 is 0.404 bits per heavy atom. The van der Waals surface area contributed by atoms with Crippen LogP contribution in [0.2, 0.25) is 0 Å². The zero-order chi connectivity index (χ0) is 30.6. The first-order valence-electron chi connectivity index (χ1n) is 16.0. The fourth-order valence-corrected chi connectivity index (χ4v) is 8.00. The molecule has 0 fully saturated rings. The summed E-state index contributed by atoms with van der Waals surface area (Å²) >= 11 is 0. The highest BCUT2D eigenvalue weighted by Crippen LogP contribution is 2.42. The zero-order valence-corrected chi connectivity index (χ0v) is 25.2. The van der Waals surface area contributed by atoms with Crippen LogP contribution in [0.25, 0.3) is 66.1 Å². The Labute approximate surface area is 270 Å². The van der Waals surface area contributed by atoms with Crippen LogP contribution >= 0.6 is 0 Å². The van der Waals surface area contributed by atoms with Crippen molar-refractivity contribution in [2.45, 2.75) is 0 Å². The third-order valence-electron chi connectivity index (χ3n) is 9.99. The molecule has 2 aliphatic heterocycles. The third-order valence-corrected chi connectivity index (χ3v) is 9.99. The first kappa shape index (κ1) is 25.0. The van der Waals surface area contributed by atoms with Gasteiger partial charge in [0.15, 0.2) is 0 Å². The minimum absolute atomic E-state index is 0.221. The fraction of sp³-hybridized carbons (Fsp3) is 0. The summed E-state index contributed by atoms with van der Waals surface area (Å²) in [6.45, 7) is -0.221. The molecule has 0 radical (unpaired) electrons. The summed E-state index contributed by atoms with van der Waals surface area (Å²) in [5, 5.41) is 4.94. The van der Waals surface area contributed by atoms with E-state index >= 15 is 0 Å². The van der Waals surface area contributed by atoms with E-state index in [1.54, 1.807) is 0 Å². The fourth-order valence-electron chi connectivity index (χ4n) is 8.00. The molecular formula is C42H25BN2O2. The number of para-hydroxylation sites is 5. The molecule has 0 atom stereocenters. The summed E-state index contributed by atoms with van der Waals surface area (Å²) in [5.41, 5.74) is 11.3. The maximum atomic E-state index is 6.66. The summed E-state index contributed by atoms with van der Waals surface area (Å²) in [5.74, 6) is 2.57. The predicted octanol–water partition coefficient (Wildman–Crippen LogP) is 9.15. The highest BCUT2D eigenvalue weighted by atomic mass is 16.5. The zero-order valence-electron chi connectivity index (χ0n) is 25.2. The molecule has 0 unspecified atom stereocenters. The lowest BCUT2D eigenvalue weighted by atomic mass is 9.51. The van der Waals surface area contributed by atoms with Crippen molar-refractivity contribution in [1.82, 2.24) is 9.13 Å². The molecule has 4 heterocycles. The summed E-state index contributed by atoms with van der Waals surface area (Å²) in [6, 6.07) is 54.0. The van der Waals surface area contributed by atoms with Crippen LogP contribution in [-0.4, -0.2) is 16.0 Å². The molecule has 9 aromatic rings. The predicted molar refractivity (Wildman–Crippen MR) is 193 cm³/mol. The third kappa shape index (κ3) is 3.38. The van der Waals surface area contributed by atoms with E-state index in [0.29, 0.717) is 0 Å². The smallest absolute Gasteiger partial charge is 0.434 e. The lowest BCUT2D eigenvalue weighted by Gasteiger charge is -2.33. The van der Waals surface area contributed by atoms with E-state index in [9.17, 15) is 0 Å². The Morgan fingerprint density at radius 3 is 1.72 bits per heavy atom. The number of ether oxygens (including phenoxy) is 1. The normalized spacial score (nSPS) is 13.0. The molecule has 0 saturated heterocycles. The van der Waals surface area contributed by atoms with Gasteiger partial charge >= 0.3 is 6.92 Å². The van der Waals surface area contributed by atoms with E-state index < -0.39 is 0 Å². The van der Waals surface area contributed by atoms with Crippen molar-refractivity contribution in [3.05, 3.63) is 152 Å². The van der Waals surface area contributed by atoms with Gasteiger partial charge in [0.2, 0.25) is 0 Å². The number of aromatic nitrogens is 2. The van der Waals surface area contributed by atoms with Gasteiger partial charge in [-0.25, -0.2) is 0 Å². The van der Waals surface area contributed by atoms with Crippen LogP contribution in [0.1, 0.15) is 0 Å². The monoisotopic (exact) mass is 600 g/mol.